The van der Waals surface area contributed by atoms with E-state index in [1.54, 1.807) is 0 Å². The fourth-order valence-electron chi connectivity index (χ4n) is 4.08. The van der Waals surface area contributed by atoms with E-state index >= 15 is 0 Å². The van der Waals surface area contributed by atoms with Gasteiger partial charge in [0.15, 0.2) is 0 Å². The summed E-state index contributed by atoms with van der Waals surface area (Å²) in [5, 5.41) is 0.724. The summed E-state index contributed by atoms with van der Waals surface area (Å²) in [5.41, 5.74) is 8.88. The minimum absolute atomic E-state index is 0.109. The van der Waals surface area contributed by atoms with Gasteiger partial charge in [-0.3, -0.25) is 4.79 Å². The monoisotopic (exact) mass is 369 g/mol. The number of amides is 1. The second-order valence-electron chi connectivity index (χ2n) is 7.20. The van der Waals surface area contributed by atoms with E-state index in [-0.39, 0.29) is 18.0 Å². The number of benzene rings is 2. The van der Waals surface area contributed by atoms with Crippen LogP contribution in [0.4, 0.5) is 0 Å². The first-order valence-electron chi connectivity index (χ1n) is 9.31. The fraction of sp³-hybridized carbons (Fsp3) is 0.381. The molecule has 2 aromatic carbocycles. The Bertz CT molecular complexity index is 767. The molecule has 5 heteroatoms. The molecule has 2 N–H and O–H groups in total. The van der Waals surface area contributed by atoms with Crippen molar-refractivity contribution in [3.05, 3.63) is 70.7 Å². The largest absolute Gasteiger partial charge is 0.338 e. The molecule has 0 bridgehead atoms. The van der Waals surface area contributed by atoms with Gasteiger partial charge in [0.1, 0.15) is 6.04 Å². The highest BCUT2D eigenvalue weighted by Gasteiger charge is 2.37. The van der Waals surface area contributed by atoms with Gasteiger partial charge in [0, 0.05) is 23.7 Å². The van der Waals surface area contributed by atoms with Crippen LogP contribution in [0.15, 0.2) is 54.6 Å². The molecule has 136 valence electrons. The zero-order valence-electron chi connectivity index (χ0n) is 14.7. The number of hydrogen-bond donors (Lipinski definition) is 2. The lowest BCUT2D eigenvalue weighted by Crippen LogP contribution is -2.47. The number of carbonyl (C=O) groups excluding carboxylic acids is 1. The van der Waals surface area contributed by atoms with Crippen LogP contribution in [0, 0.1) is 0 Å². The van der Waals surface area contributed by atoms with Crippen molar-refractivity contribution in [2.45, 2.75) is 43.8 Å². The minimum Gasteiger partial charge on any atom is -0.338 e. The van der Waals surface area contributed by atoms with Gasteiger partial charge in [0.25, 0.3) is 0 Å². The van der Waals surface area contributed by atoms with E-state index in [2.05, 4.69) is 40.0 Å². The van der Waals surface area contributed by atoms with Crippen molar-refractivity contribution >= 4 is 17.5 Å². The van der Waals surface area contributed by atoms with Crippen LogP contribution in [0.1, 0.15) is 36.4 Å². The molecule has 2 saturated heterocycles. The summed E-state index contributed by atoms with van der Waals surface area (Å²) >= 11 is 6.10. The molecular weight excluding hydrogens is 346 g/mol. The third-order valence-electron chi connectivity index (χ3n) is 5.43. The molecule has 3 atom stereocenters. The SMILES string of the molecule is O=C(C1CC(c2cccc(Cl)c2)NN1)N1CCCC1Cc1ccccc1. The second kappa shape index (κ2) is 7.78. The van der Waals surface area contributed by atoms with Crippen molar-refractivity contribution in [3.63, 3.8) is 0 Å². The molecule has 0 aliphatic carbocycles. The highest BCUT2D eigenvalue weighted by molar-refractivity contribution is 6.30. The van der Waals surface area contributed by atoms with Crippen LogP contribution in [0.5, 0.6) is 0 Å². The summed E-state index contributed by atoms with van der Waals surface area (Å²) in [6.45, 7) is 0.857. The van der Waals surface area contributed by atoms with E-state index in [1.165, 1.54) is 5.56 Å². The standard InChI is InChI=1S/C21H24ClN3O/c22-17-9-4-8-16(13-17)19-14-20(24-23-19)21(26)25-11-5-10-18(25)12-15-6-2-1-3-7-15/h1-4,6-9,13,18-20,23-24H,5,10-12,14H2. The van der Waals surface area contributed by atoms with Gasteiger partial charge in [-0.15, -0.1) is 0 Å². The lowest BCUT2D eigenvalue weighted by atomic mass is 10.0. The van der Waals surface area contributed by atoms with E-state index < -0.39 is 0 Å². The number of rotatable bonds is 4. The molecule has 2 heterocycles. The van der Waals surface area contributed by atoms with Crippen molar-refractivity contribution in [2.75, 3.05) is 6.54 Å². The zero-order chi connectivity index (χ0) is 17.9. The number of halogens is 1. The van der Waals surface area contributed by atoms with Crippen molar-refractivity contribution in [1.82, 2.24) is 15.8 Å². The molecule has 1 amide bonds. The van der Waals surface area contributed by atoms with E-state index in [0.717, 1.165) is 42.8 Å². The first-order chi connectivity index (χ1) is 12.7. The van der Waals surface area contributed by atoms with Crippen molar-refractivity contribution in [1.29, 1.82) is 0 Å². The number of likely N-dealkylation sites (tertiary alicyclic amines) is 1. The smallest absolute Gasteiger partial charge is 0.241 e. The molecule has 2 aliphatic heterocycles. The molecule has 2 aliphatic rings. The second-order valence-corrected chi connectivity index (χ2v) is 7.64. The van der Waals surface area contributed by atoms with E-state index in [9.17, 15) is 4.79 Å². The Morgan fingerprint density at radius 1 is 1.12 bits per heavy atom. The Labute approximate surface area is 159 Å². The molecule has 0 saturated carbocycles. The Balaban J connectivity index is 1.41. The normalized spacial score (nSPS) is 25.6. The van der Waals surface area contributed by atoms with Crippen molar-refractivity contribution in [3.8, 4) is 0 Å². The van der Waals surface area contributed by atoms with Crippen LogP contribution in [0.2, 0.25) is 5.02 Å². The molecule has 2 aromatic rings. The Hall–Kier alpha value is -1.88. The van der Waals surface area contributed by atoms with Crippen LogP contribution >= 0.6 is 11.6 Å². The summed E-state index contributed by atoms with van der Waals surface area (Å²) in [5.74, 6) is 0.209. The molecular formula is C21H24ClN3O. The van der Waals surface area contributed by atoms with Gasteiger partial charge in [-0.25, -0.2) is 10.9 Å². The number of nitrogens with one attached hydrogen (secondary N) is 2. The number of carbonyl (C=O) groups is 1. The highest BCUT2D eigenvalue weighted by atomic mass is 35.5. The van der Waals surface area contributed by atoms with Gasteiger partial charge in [-0.1, -0.05) is 54.1 Å². The third-order valence-corrected chi connectivity index (χ3v) is 5.66. The van der Waals surface area contributed by atoms with Gasteiger partial charge in [-0.2, -0.15) is 0 Å². The maximum atomic E-state index is 13.1. The Kier molecular flexibility index (Phi) is 5.25. The van der Waals surface area contributed by atoms with E-state index in [0.29, 0.717) is 6.04 Å². The average molecular weight is 370 g/mol. The molecule has 0 radical (unpaired) electrons. The maximum absolute atomic E-state index is 13.1. The van der Waals surface area contributed by atoms with Gasteiger partial charge in [0.2, 0.25) is 5.91 Å². The van der Waals surface area contributed by atoms with E-state index in [1.807, 2.05) is 30.3 Å². The quantitative estimate of drug-likeness (QED) is 0.867. The maximum Gasteiger partial charge on any atom is 0.241 e. The van der Waals surface area contributed by atoms with Gasteiger partial charge < -0.3 is 4.90 Å². The minimum atomic E-state index is -0.185. The number of hydrazine groups is 1. The van der Waals surface area contributed by atoms with Crippen LogP contribution < -0.4 is 10.9 Å². The van der Waals surface area contributed by atoms with Crippen LogP contribution in [-0.2, 0) is 11.2 Å². The van der Waals surface area contributed by atoms with E-state index in [4.69, 9.17) is 11.6 Å². The first kappa shape index (κ1) is 17.5. The van der Waals surface area contributed by atoms with Gasteiger partial charge >= 0.3 is 0 Å². The Morgan fingerprint density at radius 2 is 1.96 bits per heavy atom. The van der Waals surface area contributed by atoms with Gasteiger partial charge in [-0.05, 0) is 48.9 Å². The van der Waals surface area contributed by atoms with Gasteiger partial charge in [0.05, 0.1) is 0 Å². The predicted octanol–water partition coefficient (Wildman–Crippen LogP) is 3.48. The molecule has 3 unspecified atom stereocenters. The summed E-state index contributed by atoms with van der Waals surface area (Å²) in [7, 11) is 0. The summed E-state index contributed by atoms with van der Waals surface area (Å²) in [4.78, 5) is 15.2. The van der Waals surface area contributed by atoms with Crippen LogP contribution in [0.25, 0.3) is 0 Å². The third kappa shape index (κ3) is 3.78. The van der Waals surface area contributed by atoms with Crippen molar-refractivity contribution in [2.24, 2.45) is 0 Å². The van der Waals surface area contributed by atoms with Crippen LogP contribution in [-0.4, -0.2) is 29.4 Å². The average Bonchev–Trinajstić information content (AvgIpc) is 3.32. The molecule has 0 aromatic heterocycles. The lowest BCUT2D eigenvalue weighted by molar-refractivity contribution is -0.134. The summed E-state index contributed by atoms with van der Waals surface area (Å²) in [6, 6.07) is 18.5. The topological polar surface area (TPSA) is 44.4 Å². The fourth-order valence-corrected chi connectivity index (χ4v) is 4.28. The highest BCUT2D eigenvalue weighted by Crippen LogP contribution is 2.28. The van der Waals surface area contributed by atoms with Crippen molar-refractivity contribution < 1.29 is 4.79 Å². The summed E-state index contributed by atoms with van der Waals surface area (Å²) in [6.07, 6.45) is 3.85. The molecule has 4 nitrogen and oxygen atoms in total. The number of nitrogens with zero attached hydrogens (tertiary/aromatic N) is 1. The first-order valence-corrected chi connectivity index (χ1v) is 9.69. The molecule has 0 spiro atoms. The zero-order valence-corrected chi connectivity index (χ0v) is 15.5. The molecule has 2 fully saturated rings. The number of hydrogen-bond acceptors (Lipinski definition) is 3. The molecule has 26 heavy (non-hydrogen) atoms. The lowest BCUT2D eigenvalue weighted by Gasteiger charge is -2.27. The predicted molar refractivity (Wildman–Crippen MR) is 104 cm³/mol. The Morgan fingerprint density at radius 3 is 2.77 bits per heavy atom. The summed E-state index contributed by atoms with van der Waals surface area (Å²) < 4.78 is 0. The van der Waals surface area contributed by atoms with Crippen LogP contribution in [0.3, 0.4) is 0 Å². The molecule has 4 rings (SSSR count).